The minimum atomic E-state index is -0.191. The van der Waals surface area contributed by atoms with Gasteiger partial charge in [-0.3, -0.25) is 4.90 Å². The van der Waals surface area contributed by atoms with Gasteiger partial charge in [-0.15, -0.1) is 0 Å². The molecule has 0 aromatic heterocycles. The van der Waals surface area contributed by atoms with Gasteiger partial charge in [0.1, 0.15) is 0 Å². The predicted octanol–water partition coefficient (Wildman–Crippen LogP) is 3.33. The molecular weight excluding hydrogens is 312 g/mol. The second-order valence-electron chi connectivity index (χ2n) is 8.00. The summed E-state index contributed by atoms with van der Waals surface area (Å²) in [6, 6.07) is 0.563. The third kappa shape index (κ3) is 5.10. The predicted molar refractivity (Wildman–Crippen MR) is 105 cm³/mol. The zero-order valence-corrected chi connectivity index (χ0v) is 16.7. The lowest BCUT2D eigenvalue weighted by atomic mass is 9.85. The summed E-state index contributed by atoms with van der Waals surface area (Å²) < 4.78 is 0. The van der Waals surface area contributed by atoms with E-state index in [0.29, 0.717) is 17.6 Å². The van der Waals surface area contributed by atoms with E-state index in [1.165, 1.54) is 32.1 Å². The molecule has 2 amide bonds. The van der Waals surface area contributed by atoms with E-state index >= 15 is 0 Å². The van der Waals surface area contributed by atoms with Crippen LogP contribution >= 0.6 is 0 Å². The van der Waals surface area contributed by atoms with Crippen LogP contribution in [-0.4, -0.2) is 59.6 Å². The normalized spacial score (nSPS) is 25.7. The molecule has 0 bridgehead atoms. The van der Waals surface area contributed by atoms with Crippen LogP contribution in [0.15, 0.2) is 0 Å². The lowest BCUT2D eigenvalue weighted by molar-refractivity contribution is 0.0196. The van der Waals surface area contributed by atoms with Crippen LogP contribution in [0.25, 0.3) is 0 Å². The molecule has 146 valence electrons. The van der Waals surface area contributed by atoms with Gasteiger partial charge in [-0.25, -0.2) is 4.79 Å². The Morgan fingerprint density at radius 3 is 2.04 bits per heavy atom. The van der Waals surface area contributed by atoms with E-state index in [9.17, 15) is 4.79 Å². The topological polar surface area (TPSA) is 61.6 Å². The summed E-state index contributed by atoms with van der Waals surface area (Å²) in [6.07, 6.45) is 10.7. The van der Waals surface area contributed by atoms with Crippen LogP contribution in [0.4, 0.5) is 4.79 Å². The minimum absolute atomic E-state index is 0.191. The van der Waals surface area contributed by atoms with Crippen LogP contribution in [0, 0.1) is 0 Å². The Balaban J connectivity index is 0.00000109. The molecule has 0 radical (unpaired) electrons. The van der Waals surface area contributed by atoms with Crippen LogP contribution < -0.4 is 11.1 Å². The van der Waals surface area contributed by atoms with Crippen molar-refractivity contribution in [2.24, 2.45) is 5.73 Å². The van der Waals surface area contributed by atoms with Crippen LogP contribution in [0.1, 0.15) is 78.6 Å². The van der Waals surface area contributed by atoms with Gasteiger partial charge in [-0.05, 0) is 58.5 Å². The second-order valence-corrected chi connectivity index (χ2v) is 8.00. The fourth-order valence-electron chi connectivity index (χ4n) is 4.98. The molecule has 0 unspecified atom stereocenters. The van der Waals surface area contributed by atoms with Crippen molar-refractivity contribution in [1.82, 2.24) is 15.1 Å². The van der Waals surface area contributed by atoms with Crippen molar-refractivity contribution in [3.05, 3.63) is 0 Å². The highest BCUT2D eigenvalue weighted by Gasteiger charge is 2.38. The SMILES string of the molecule is CC.CC1(N2CCC(N(C(N)=O)C3CCCCC3)CC2)CCNCC1. The molecule has 25 heavy (non-hydrogen) atoms. The fraction of sp³-hybridized carbons (Fsp3) is 0.950. The van der Waals surface area contributed by atoms with E-state index in [1.807, 2.05) is 13.8 Å². The van der Waals surface area contributed by atoms with Crippen molar-refractivity contribution >= 4 is 6.03 Å². The van der Waals surface area contributed by atoms with Crippen molar-refractivity contribution in [1.29, 1.82) is 0 Å². The third-order valence-electron chi connectivity index (χ3n) is 6.52. The Kier molecular flexibility index (Phi) is 8.01. The first-order valence-corrected chi connectivity index (χ1v) is 10.6. The molecule has 2 heterocycles. The largest absolute Gasteiger partial charge is 0.351 e. The minimum Gasteiger partial charge on any atom is -0.351 e. The van der Waals surface area contributed by atoms with Gasteiger partial charge >= 0.3 is 6.03 Å². The number of likely N-dealkylation sites (tertiary alicyclic amines) is 1. The van der Waals surface area contributed by atoms with Crippen LogP contribution in [0.5, 0.6) is 0 Å². The monoisotopic (exact) mass is 352 g/mol. The van der Waals surface area contributed by atoms with E-state index in [1.54, 1.807) is 0 Å². The van der Waals surface area contributed by atoms with Gasteiger partial charge in [-0.1, -0.05) is 33.1 Å². The Morgan fingerprint density at radius 1 is 1.00 bits per heavy atom. The first-order chi connectivity index (χ1) is 12.1. The molecule has 0 aromatic rings. The smallest absolute Gasteiger partial charge is 0.315 e. The van der Waals surface area contributed by atoms with Crippen molar-refractivity contribution < 1.29 is 4.79 Å². The zero-order chi connectivity index (χ0) is 18.3. The summed E-state index contributed by atoms with van der Waals surface area (Å²) in [4.78, 5) is 16.8. The molecule has 3 fully saturated rings. The molecule has 3 rings (SSSR count). The molecule has 5 nitrogen and oxygen atoms in total. The molecule has 2 saturated heterocycles. The van der Waals surface area contributed by atoms with Gasteiger partial charge in [0, 0.05) is 30.7 Å². The number of urea groups is 1. The summed E-state index contributed by atoms with van der Waals surface area (Å²) in [6.45, 7) is 10.9. The van der Waals surface area contributed by atoms with Gasteiger partial charge in [-0.2, -0.15) is 0 Å². The highest BCUT2D eigenvalue weighted by Crippen LogP contribution is 2.32. The van der Waals surface area contributed by atoms with Gasteiger partial charge in [0.2, 0.25) is 0 Å². The number of amides is 2. The number of rotatable bonds is 3. The van der Waals surface area contributed by atoms with E-state index in [0.717, 1.165) is 51.9 Å². The molecule has 3 N–H and O–H groups in total. The number of hydrogen-bond donors (Lipinski definition) is 2. The van der Waals surface area contributed by atoms with Gasteiger partial charge in [0.15, 0.2) is 0 Å². The average molecular weight is 353 g/mol. The molecule has 5 heteroatoms. The third-order valence-corrected chi connectivity index (χ3v) is 6.52. The second kappa shape index (κ2) is 9.77. The maximum atomic E-state index is 12.1. The molecule has 0 spiro atoms. The Morgan fingerprint density at radius 2 is 1.52 bits per heavy atom. The number of nitrogens with zero attached hydrogens (tertiary/aromatic N) is 2. The van der Waals surface area contributed by atoms with Crippen molar-refractivity contribution in [2.45, 2.75) is 96.2 Å². The maximum Gasteiger partial charge on any atom is 0.315 e. The van der Waals surface area contributed by atoms with E-state index in [-0.39, 0.29) is 6.03 Å². The molecule has 0 aromatic carbocycles. The number of carbonyl (C=O) groups is 1. The highest BCUT2D eigenvalue weighted by molar-refractivity contribution is 5.72. The summed E-state index contributed by atoms with van der Waals surface area (Å²) in [5, 5.41) is 3.47. The number of piperidine rings is 2. The van der Waals surface area contributed by atoms with Gasteiger partial charge < -0.3 is 16.0 Å². The fourth-order valence-corrected chi connectivity index (χ4v) is 4.98. The molecule has 0 atom stereocenters. The van der Waals surface area contributed by atoms with E-state index < -0.39 is 0 Å². The van der Waals surface area contributed by atoms with Crippen LogP contribution in [-0.2, 0) is 0 Å². The maximum absolute atomic E-state index is 12.1. The lowest BCUT2D eigenvalue weighted by Gasteiger charge is -2.49. The molecule has 3 aliphatic rings. The number of primary amides is 1. The first kappa shape index (κ1) is 20.5. The standard InChI is InChI=1S/C18H34N4O.C2H6/c1-18(9-11-20-12-10-18)21-13-7-16(8-14-21)22(17(19)23)15-5-3-2-4-6-15;1-2/h15-16,20H,2-14H2,1H3,(H2,19,23);1-2H3. The van der Waals surface area contributed by atoms with Crippen LogP contribution in [0.2, 0.25) is 0 Å². The molecule has 1 aliphatic carbocycles. The van der Waals surface area contributed by atoms with Crippen molar-refractivity contribution in [3.63, 3.8) is 0 Å². The summed E-state index contributed by atoms with van der Waals surface area (Å²) in [5.74, 6) is 0. The lowest BCUT2D eigenvalue weighted by Crippen LogP contribution is -2.59. The van der Waals surface area contributed by atoms with E-state index in [2.05, 4.69) is 22.0 Å². The summed E-state index contributed by atoms with van der Waals surface area (Å²) >= 11 is 0. The highest BCUT2D eigenvalue weighted by atomic mass is 16.2. The Labute approximate surface area is 154 Å². The quantitative estimate of drug-likeness (QED) is 0.819. The zero-order valence-electron chi connectivity index (χ0n) is 16.7. The average Bonchev–Trinajstić information content (AvgIpc) is 2.65. The van der Waals surface area contributed by atoms with E-state index in [4.69, 9.17) is 5.73 Å². The molecule has 2 aliphatic heterocycles. The number of carbonyl (C=O) groups excluding carboxylic acids is 1. The van der Waals surface area contributed by atoms with Crippen molar-refractivity contribution in [2.75, 3.05) is 26.2 Å². The van der Waals surface area contributed by atoms with Gasteiger partial charge in [0.05, 0.1) is 0 Å². The van der Waals surface area contributed by atoms with Crippen molar-refractivity contribution in [3.8, 4) is 0 Å². The first-order valence-electron chi connectivity index (χ1n) is 10.6. The number of nitrogens with one attached hydrogen (secondary N) is 1. The summed E-state index contributed by atoms with van der Waals surface area (Å²) in [5.41, 5.74) is 6.11. The van der Waals surface area contributed by atoms with Gasteiger partial charge in [0.25, 0.3) is 0 Å². The Bertz CT molecular complexity index is 395. The number of nitrogens with two attached hydrogens (primary N) is 1. The molecule has 1 saturated carbocycles. The summed E-state index contributed by atoms with van der Waals surface area (Å²) in [7, 11) is 0. The molecular formula is C20H40N4O. The van der Waals surface area contributed by atoms with Crippen LogP contribution in [0.3, 0.4) is 0 Å². The number of hydrogen-bond acceptors (Lipinski definition) is 3. The Hall–Kier alpha value is -0.810.